The van der Waals surface area contributed by atoms with E-state index < -0.39 is 0 Å². The highest BCUT2D eigenvalue weighted by molar-refractivity contribution is 7.18. The molecule has 0 aromatic carbocycles. The lowest BCUT2D eigenvalue weighted by Gasteiger charge is -1.85. The Morgan fingerprint density at radius 3 is 3.00 bits per heavy atom. The molecule has 0 unspecified atom stereocenters. The number of fused-ring (bicyclic) bond motifs is 1. The van der Waals surface area contributed by atoms with Crippen molar-refractivity contribution in [1.29, 1.82) is 0 Å². The maximum Gasteiger partial charge on any atom is 0.164 e. The highest BCUT2D eigenvalue weighted by Gasteiger charge is 2.11. The number of hydrogen-bond acceptors (Lipinski definition) is 5. The largest absolute Gasteiger partial charge is 0.452 e. The summed E-state index contributed by atoms with van der Waals surface area (Å²) in [5.41, 5.74) is 7.39. The Bertz CT molecular complexity index is 604. The molecule has 0 spiro atoms. The molecule has 0 aliphatic carbocycles. The fraction of sp³-hybridized carbons (Fsp3) is 0.0909. The van der Waals surface area contributed by atoms with Gasteiger partial charge in [0.1, 0.15) is 5.00 Å². The Labute approximate surface area is 95.7 Å². The predicted octanol–water partition coefficient (Wildman–Crippen LogP) is 2.84. The van der Waals surface area contributed by atoms with Crippen molar-refractivity contribution >= 4 is 27.3 Å². The van der Waals surface area contributed by atoms with E-state index in [1.54, 1.807) is 12.4 Å². The zero-order valence-corrected chi connectivity index (χ0v) is 9.41. The van der Waals surface area contributed by atoms with Gasteiger partial charge < -0.3 is 10.2 Å². The Morgan fingerprint density at radius 2 is 2.31 bits per heavy atom. The van der Waals surface area contributed by atoms with E-state index in [2.05, 4.69) is 9.97 Å². The molecule has 80 valence electrons. The first kappa shape index (κ1) is 9.35. The molecular weight excluding hydrogens is 222 g/mol. The maximum absolute atomic E-state index is 5.77. The SMILES string of the molecule is Cc1nc(-c2cc3ccncc3o2)sc1N. The highest BCUT2D eigenvalue weighted by Crippen LogP contribution is 2.32. The van der Waals surface area contributed by atoms with Crippen molar-refractivity contribution in [1.82, 2.24) is 9.97 Å². The van der Waals surface area contributed by atoms with Crippen LogP contribution in [0.2, 0.25) is 0 Å². The number of nitrogen functional groups attached to an aromatic ring is 1. The van der Waals surface area contributed by atoms with Crippen LogP contribution in [-0.2, 0) is 0 Å². The smallest absolute Gasteiger partial charge is 0.164 e. The summed E-state index contributed by atoms with van der Waals surface area (Å²) in [4.78, 5) is 8.36. The van der Waals surface area contributed by atoms with Gasteiger partial charge in [0.05, 0.1) is 11.9 Å². The molecule has 3 aromatic heterocycles. The van der Waals surface area contributed by atoms with Gasteiger partial charge in [0.2, 0.25) is 0 Å². The van der Waals surface area contributed by atoms with E-state index >= 15 is 0 Å². The van der Waals surface area contributed by atoms with Crippen LogP contribution in [0.25, 0.3) is 21.7 Å². The van der Waals surface area contributed by atoms with Crippen LogP contribution in [0.15, 0.2) is 28.9 Å². The van der Waals surface area contributed by atoms with E-state index in [4.69, 9.17) is 10.2 Å². The average molecular weight is 231 g/mol. The normalized spacial score (nSPS) is 11.1. The first-order valence-electron chi connectivity index (χ1n) is 4.81. The number of nitrogens with two attached hydrogens (primary N) is 1. The third kappa shape index (κ3) is 1.37. The van der Waals surface area contributed by atoms with Gasteiger partial charge in [-0.3, -0.25) is 4.98 Å². The number of rotatable bonds is 1. The van der Waals surface area contributed by atoms with Crippen LogP contribution in [0.4, 0.5) is 5.00 Å². The van der Waals surface area contributed by atoms with Crippen LogP contribution in [0.1, 0.15) is 5.69 Å². The molecule has 5 heteroatoms. The molecule has 3 aromatic rings. The molecule has 0 aliphatic heterocycles. The van der Waals surface area contributed by atoms with Crippen LogP contribution >= 0.6 is 11.3 Å². The van der Waals surface area contributed by atoms with Gasteiger partial charge in [0.25, 0.3) is 0 Å². The molecular formula is C11H9N3OS. The molecule has 0 aliphatic rings. The second-order valence-electron chi connectivity index (χ2n) is 3.49. The molecule has 3 rings (SSSR count). The summed E-state index contributed by atoms with van der Waals surface area (Å²) in [5, 5.41) is 2.57. The zero-order chi connectivity index (χ0) is 11.1. The lowest BCUT2D eigenvalue weighted by Crippen LogP contribution is -1.81. The molecule has 0 saturated heterocycles. The standard InChI is InChI=1S/C11H9N3OS/c1-6-10(12)16-11(14-6)8-4-7-2-3-13-5-9(7)15-8/h2-5H,12H2,1H3. The van der Waals surface area contributed by atoms with Gasteiger partial charge in [-0.25, -0.2) is 4.98 Å². The number of aryl methyl sites for hydroxylation is 1. The number of furan rings is 1. The molecule has 2 N–H and O–H groups in total. The number of nitrogens with zero attached hydrogens (tertiary/aromatic N) is 2. The van der Waals surface area contributed by atoms with Crippen LogP contribution in [-0.4, -0.2) is 9.97 Å². The van der Waals surface area contributed by atoms with E-state index in [0.717, 1.165) is 32.4 Å². The molecule has 3 heterocycles. The van der Waals surface area contributed by atoms with E-state index in [1.807, 2.05) is 19.1 Å². The van der Waals surface area contributed by atoms with Crippen molar-refractivity contribution in [3.63, 3.8) is 0 Å². The van der Waals surface area contributed by atoms with Crippen molar-refractivity contribution in [3.8, 4) is 10.8 Å². The van der Waals surface area contributed by atoms with Gasteiger partial charge in [-0.1, -0.05) is 11.3 Å². The average Bonchev–Trinajstić information content (AvgIpc) is 2.83. The lowest BCUT2D eigenvalue weighted by molar-refractivity contribution is 0.629. The van der Waals surface area contributed by atoms with Gasteiger partial charge in [-0.2, -0.15) is 0 Å². The first-order chi connectivity index (χ1) is 7.74. The number of pyridine rings is 1. The Morgan fingerprint density at radius 1 is 1.44 bits per heavy atom. The molecule has 4 nitrogen and oxygen atoms in total. The monoisotopic (exact) mass is 231 g/mol. The van der Waals surface area contributed by atoms with Gasteiger partial charge in [-0.15, -0.1) is 0 Å². The number of anilines is 1. The molecule has 0 atom stereocenters. The molecule has 0 fully saturated rings. The summed E-state index contributed by atoms with van der Waals surface area (Å²) >= 11 is 1.44. The fourth-order valence-electron chi connectivity index (χ4n) is 1.50. The Kier molecular flexibility index (Phi) is 1.94. The van der Waals surface area contributed by atoms with Crippen molar-refractivity contribution < 1.29 is 4.42 Å². The first-order valence-corrected chi connectivity index (χ1v) is 5.62. The second-order valence-corrected chi connectivity index (χ2v) is 4.52. The second kappa shape index (κ2) is 3.31. The van der Waals surface area contributed by atoms with Gasteiger partial charge in [0, 0.05) is 11.6 Å². The Balaban J connectivity index is 2.18. The minimum Gasteiger partial charge on any atom is -0.452 e. The number of hydrogen-bond donors (Lipinski definition) is 1. The number of aromatic nitrogens is 2. The van der Waals surface area contributed by atoms with Gasteiger partial charge >= 0.3 is 0 Å². The van der Waals surface area contributed by atoms with Crippen LogP contribution in [0, 0.1) is 6.92 Å². The quantitative estimate of drug-likeness (QED) is 0.699. The minimum absolute atomic E-state index is 0.730. The van der Waals surface area contributed by atoms with E-state index in [0.29, 0.717) is 0 Å². The molecule has 16 heavy (non-hydrogen) atoms. The molecule has 0 radical (unpaired) electrons. The van der Waals surface area contributed by atoms with Crippen LogP contribution in [0.5, 0.6) is 0 Å². The zero-order valence-electron chi connectivity index (χ0n) is 8.60. The van der Waals surface area contributed by atoms with Gasteiger partial charge in [0.15, 0.2) is 16.4 Å². The maximum atomic E-state index is 5.77. The number of thiazole rings is 1. The fourth-order valence-corrected chi connectivity index (χ4v) is 2.29. The van der Waals surface area contributed by atoms with Gasteiger partial charge in [-0.05, 0) is 19.1 Å². The summed E-state index contributed by atoms with van der Waals surface area (Å²) in [5.74, 6) is 0.743. The molecule has 0 saturated carbocycles. The Hall–Kier alpha value is -1.88. The van der Waals surface area contributed by atoms with E-state index in [1.165, 1.54) is 11.3 Å². The lowest BCUT2D eigenvalue weighted by atomic mass is 10.3. The summed E-state index contributed by atoms with van der Waals surface area (Å²) in [6.45, 7) is 1.89. The highest BCUT2D eigenvalue weighted by atomic mass is 32.1. The van der Waals surface area contributed by atoms with Crippen molar-refractivity contribution in [2.75, 3.05) is 5.73 Å². The third-order valence-electron chi connectivity index (χ3n) is 2.37. The molecule has 0 amide bonds. The molecule has 0 bridgehead atoms. The summed E-state index contributed by atoms with van der Waals surface area (Å²) in [7, 11) is 0. The minimum atomic E-state index is 0.730. The van der Waals surface area contributed by atoms with Crippen molar-refractivity contribution in [2.24, 2.45) is 0 Å². The van der Waals surface area contributed by atoms with Crippen molar-refractivity contribution in [2.45, 2.75) is 6.92 Å². The third-order valence-corrected chi connectivity index (χ3v) is 3.37. The summed E-state index contributed by atoms with van der Waals surface area (Å²) in [6, 6.07) is 3.86. The summed E-state index contributed by atoms with van der Waals surface area (Å²) in [6.07, 6.45) is 3.44. The summed E-state index contributed by atoms with van der Waals surface area (Å²) < 4.78 is 5.65. The van der Waals surface area contributed by atoms with Crippen molar-refractivity contribution in [3.05, 3.63) is 30.2 Å². The van der Waals surface area contributed by atoms with E-state index in [9.17, 15) is 0 Å². The predicted molar refractivity (Wildman–Crippen MR) is 64.3 cm³/mol. The van der Waals surface area contributed by atoms with Crippen LogP contribution < -0.4 is 5.73 Å². The topological polar surface area (TPSA) is 64.9 Å². The van der Waals surface area contributed by atoms with Crippen LogP contribution in [0.3, 0.4) is 0 Å². The van der Waals surface area contributed by atoms with E-state index in [-0.39, 0.29) is 0 Å².